The molecule has 0 unspecified atom stereocenters. The first-order chi connectivity index (χ1) is 11.7. The highest BCUT2D eigenvalue weighted by atomic mass is 19.4. The lowest BCUT2D eigenvalue weighted by Crippen LogP contribution is -2.53. The van der Waals surface area contributed by atoms with Gasteiger partial charge < -0.3 is 10.1 Å². The van der Waals surface area contributed by atoms with E-state index in [0.717, 1.165) is 11.4 Å². The van der Waals surface area contributed by atoms with E-state index in [4.69, 9.17) is 4.74 Å². The number of nitro groups is 1. The summed E-state index contributed by atoms with van der Waals surface area (Å²) >= 11 is 0. The molecule has 1 amide bonds. The van der Waals surface area contributed by atoms with Crippen LogP contribution in [0.1, 0.15) is 6.92 Å². The summed E-state index contributed by atoms with van der Waals surface area (Å²) in [5.74, 6) is -9.04. The molecule has 0 fully saturated rings. The number of rotatable bonds is 7. The van der Waals surface area contributed by atoms with E-state index in [-0.39, 0.29) is 12.4 Å². The summed E-state index contributed by atoms with van der Waals surface area (Å²) in [6.07, 6.45) is -12.4. The number of carbonyl (C=O) groups is 1. The molecule has 0 atom stereocenters. The van der Waals surface area contributed by atoms with Gasteiger partial charge in [0.2, 0.25) is 0 Å². The van der Waals surface area contributed by atoms with Crippen LogP contribution in [0.15, 0.2) is 18.2 Å². The summed E-state index contributed by atoms with van der Waals surface area (Å²) < 4.78 is 94.9. The lowest BCUT2D eigenvalue weighted by Gasteiger charge is -2.25. The highest BCUT2D eigenvalue weighted by Crippen LogP contribution is 2.41. The van der Waals surface area contributed by atoms with Gasteiger partial charge in [0.1, 0.15) is 11.4 Å². The van der Waals surface area contributed by atoms with E-state index in [1.807, 2.05) is 4.74 Å². The molecule has 146 valence electrons. The molecule has 0 aromatic heterocycles. The minimum atomic E-state index is -6.25. The molecule has 0 saturated carbocycles. The number of hydrogen-bond donors (Lipinski definition) is 1. The van der Waals surface area contributed by atoms with Crippen LogP contribution in [0.5, 0.6) is 5.75 Å². The fraction of sp³-hybridized carbons (Fsp3) is 0.417. The topological polar surface area (TPSA) is 90.7 Å². The van der Waals surface area contributed by atoms with E-state index in [9.17, 15) is 45.6 Å². The average molecular weight is 394 g/mol. The Balaban J connectivity index is 3.14. The molecular weight excluding hydrogens is 385 g/mol. The number of amides is 1. The summed E-state index contributed by atoms with van der Waals surface area (Å²) in [6, 6.07) is 2.36. The summed E-state index contributed by atoms with van der Waals surface area (Å²) in [7, 11) is 0. The van der Waals surface area contributed by atoms with E-state index in [1.54, 1.807) is 0 Å². The van der Waals surface area contributed by atoms with Crippen LogP contribution in [-0.4, -0.2) is 35.8 Å². The zero-order valence-electron chi connectivity index (χ0n) is 12.6. The third-order valence-corrected chi connectivity index (χ3v) is 2.62. The molecule has 7 nitrogen and oxygen atoms in total. The van der Waals surface area contributed by atoms with Gasteiger partial charge in [-0.3, -0.25) is 14.9 Å². The average Bonchev–Trinajstić information content (AvgIpc) is 2.46. The lowest BCUT2D eigenvalue weighted by molar-refractivity contribution is -0.457. The molecule has 0 saturated heterocycles. The van der Waals surface area contributed by atoms with Crippen molar-refractivity contribution in [3.05, 3.63) is 28.3 Å². The summed E-state index contributed by atoms with van der Waals surface area (Å²) in [4.78, 5) is 21.0. The highest BCUT2D eigenvalue weighted by Gasteiger charge is 2.67. The second kappa shape index (κ2) is 7.31. The number of benzene rings is 1. The van der Waals surface area contributed by atoms with Gasteiger partial charge in [0.15, 0.2) is 0 Å². The Morgan fingerprint density at radius 1 is 1.19 bits per heavy atom. The van der Waals surface area contributed by atoms with Gasteiger partial charge in [0.05, 0.1) is 17.6 Å². The van der Waals surface area contributed by atoms with Crippen LogP contribution in [0.2, 0.25) is 0 Å². The van der Waals surface area contributed by atoms with Gasteiger partial charge in [0, 0.05) is 0 Å². The maximum absolute atomic E-state index is 13.4. The van der Waals surface area contributed by atoms with Crippen LogP contribution in [0.25, 0.3) is 0 Å². The molecule has 0 radical (unpaired) electrons. The van der Waals surface area contributed by atoms with Crippen LogP contribution in [0.4, 0.5) is 42.1 Å². The van der Waals surface area contributed by atoms with Gasteiger partial charge in [0.25, 0.3) is 5.69 Å². The molecule has 0 aliphatic rings. The van der Waals surface area contributed by atoms with Crippen molar-refractivity contribution in [2.45, 2.75) is 25.3 Å². The number of hydrogen-bond acceptors (Lipinski definition) is 5. The van der Waals surface area contributed by atoms with Gasteiger partial charge in [-0.25, -0.2) is 4.74 Å². The van der Waals surface area contributed by atoms with E-state index in [1.165, 1.54) is 6.92 Å². The molecule has 0 bridgehead atoms. The Morgan fingerprint density at radius 3 is 2.23 bits per heavy atom. The normalized spacial score (nSPS) is 12.6. The molecule has 26 heavy (non-hydrogen) atoms. The first-order valence-corrected chi connectivity index (χ1v) is 6.46. The van der Waals surface area contributed by atoms with Gasteiger partial charge in [-0.1, -0.05) is 0 Å². The maximum atomic E-state index is 13.4. The number of nitrogens with one attached hydrogen (secondary N) is 1. The Labute approximate surface area is 139 Å². The molecule has 0 aliphatic heterocycles. The fourth-order valence-electron chi connectivity index (χ4n) is 1.57. The van der Waals surface area contributed by atoms with Crippen LogP contribution in [0.3, 0.4) is 0 Å². The van der Waals surface area contributed by atoms with Crippen LogP contribution in [-0.2, 0) is 9.53 Å². The third-order valence-electron chi connectivity index (χ3n) is 2.62. The Bertz CT molecular complexity index is 693. The van der Waals surface area contributed by atoms with Crippen LogP contribution < -0.4 is 10.1 Å². The van der Waals surface area contributed by atoms with Crippen molar-refractivity contribution in [1.82, 2.24) is 0 Å². The lowest BCUT2D eigenvalue weighted by atomic mass is 10.2. The third kappa shape index (κ3) is 4.93. The van der Waals surface area contributed by atoms with Crippen molar-refractivity contribution in [3.8, 4) is 5.75 Å². The minimum Gasteiger partial charge on any atom is -0.494 e. The number of alkyl halides is 7. The van der Waals surface area contributed by atoms with Gasteiger partial charge in [-0.05, 0) is 19.1 Å². The largest absolute Gasteiger partial charge is 0.527 e. The molecular formula is C12H9F7N2O5. The van der Waals surface area contributed by atoms with Gasteiger partial charge in [-0.15, -0.1) is 13.2 Å². The number of anilines is 1. The predicted octanol–water partition coefficient (Wildman–Crippen LogP) is 3.70. The van der Waals surface area contributed by atoms with Crippen molar-refractivity contribution >= 4 is 17.3 Å². The maximum Gasteiger partial charge on any atom is 0.527 e. The monoisotopic (exact) mass is 394 g/mol. The van der Waals surface area contributed by atoms with Crippen LogP contribution >= 0.6 is 0 Å². The molecule has 0 aliphatic carbocycles. The number of halogens is 7. The Kier molecular flexibility index (Phi) is 6.02. The molecule has 0 heterocycles. The van der Waals surface area contributed by atoms with E-state index in [0.29, 0.717) is 12.1 Å². The Hall–Kier alpha value is -2.64. The fourth-order valence-corrected chi connectivity index (χ4v) is 1.57. The first-order valence-electron chi connectivity index (χ1n) is 6.46. The van der Waals surface area contributed by atoms with Gasteiger partial charge in [-0.2, -0.15) is 17.6 Å². The standard InChI is InChI=1S/C12H9F7N2O5/c1-2-25-6-3-4-7(8(5-6)21(23)24)20-9(22)10(13,14)11(15,16)26-12(17,18)19/h3-5H,2H2,1H3,(H,20,22). The molecule has 1 N–H and O–H groups in total. The highest BCUT2D eigenvalue weighted by molar-refractivity contribution is 5.98. The van der Waals surface area contributed by atoms with Crippen molar-refractivity contribution in [1.29, 1.82) is 0 Å². The molecule has 1 aromatic carbocycles. The second-order valence-corrected chi connectivity index (χ2v) is 4.46. The number of nitro benzene ring substituents is 1. The van der Waals surface area contributed by atoms with Crippen molar-refractivity contribution in [2.75, 3.05) is 11.9 Å². The zero-order chi connectivity index (χ0) is 20.3. The van der Waals surface area contributed by atoms with Crippen molar-refractivity contribution in [3.63, 3.8) is 0 Å². The van der Waals surface area contributed by atoms with Gasteiger partial charge >= 0.3 is 24.3 Å². The summed E-state index contributed by atoms with van der Waals surface area (Å²) in [5.41, 5.74) is -1.98. The zero-order valence-corrected chi connectivity index (χ0v) is 12.6. The van der Waals surface area contributed by atoms with Crippen molar-refractivity contribution in [2.24, 2.45) is 0 Å². The Morgan fingerprint density at radius 2 is 1.77 bits per heavy atom. The quantitative estimate of drug-likeness (QED) is 0.433. The minimum absolute atomic E-state index is 0.0714. The molecule has 14 heteroatoms. The molecule has 1 aromatic rings. The molecule has 0 spiro atoms. The van der Waals surface area contributed by atoms with E-state index >= 15 is 0 Å². The molecule has 1 rings (SSSR count). The van der Waals surface area contributed by atoms with E-state index in [2.05, 4.69) is 0 Å². The predicted molar refractivity (Wildman–Crippen MR) is 69.9 cm³/mol. The summed E-state index contributed by atoms with van der Waals surface area (Å²) in [6.45, 7) is 1.59. The van der Waals surface area contributed by atoms with Crippen LogP contribution in [0, 0.1) is 10.1 Å². The SMILES string of the molecule is CCOc1ccc(NC(=O)C(F)(F)C(F)(F)OC(F)(F)F)c([N+](=O)[O-])c1. The van der Waals surface area contributed by atoms with E-state index < -0.39 is 40.6 Å². The number of carbonyl (C=O) groups excluding carboxylic acids is 1. The van der Waals surface area contributed by atoms with Crippen molar-refractivity contribution < 1.29 is 49.9 Å². The number of nitrogens with zero attached hydrogens (tertiary/aromatic N) is 1. The smallest absolute Gasteiger partial charge is 0.494 e. The number of ether oxygens (including phenoxy) is 2. The first kappa shape index (κ1) is 21.4. The second-order valence-electron chi connectivity index (χ2n) is 4.46. The summed E-state index contributed by atoms with van der Waals surface area (Å²) in [5, 5.41) is 12.0.